The molecule has 144 valence electrons. The summed E-state index contributed by atoms with van der Waals surface area (Å²) in [6.45, 7) is 7.12. The number of aliphatic imine (C=N–C) groups is 1. The van der Waals surface area contributed by atoms with E-state index in [-0.39, 0.29) is 5.92 Å². The average Bonchev–Trinajstić information content (AvgIpc) is 2.55. The van der Waals surface area contributed by atoms with E-state index in [2.05, 4.69) is 16.4 Å². The molecular weight excluding hydrogens is 368 g/mol. The molecule has 0 fully saturated rings. The summed E-state index contributed by atoms with van der Waals surface area (Å²) in [5.41, 5.74) is -0.109. The maximum atomic E-state index is 11.9. The molecule has 2 rings (SSSR count). The number of hydrogen-bond donors (Lipinski definition) is 1. The highest BCUT2D eigenvalue weighted by Gasteiger charge is 2.47. The van der Waals surface area contributed by atoms with Crippen molar-refractivity contribution < 1.29 is 17.3 Å². The lowest BCUT2D eigenvalue weighted by molar-refractivity contribution is -0.0387. The van der Waals surface area contributed by atoms with E-state index in [0.29, 0.717) is 22.7 Å². The van der Waals surface area contributed by atoms with Crippen LogP contribution in [0.2, 0.25) is 0 Å². The summed E-state index contributed by atoms with van der Waals surface area (Å²) in [6.07, 6.45) is 1.82. The zero-order valence-corrected chi connectivity index (χ0v) is 16.7. The van der Waals surface area contributed by atoms with Crippen LogP contribution in [0.4, 0.5) is 0 Å². The number of rotatable bonds is 4. The first-order valence-corrected chi connectivity index (χ1v) is 10.1. The Morgan fingerprint density at radius 1 is 1.37 bits per heavy atom. The van der Waals surface area contributed by atoms with Crippen LogP contribution in [0, 0.1) is 28.7 Å². The minimum Gasteiger partial charge on any atom is -0.485 e. The van der Waals surface area contributed by atoms with Crippen LogP contribution in [-0.2, 0) is 14.3 Å². The Morgan fingerprint density at radius 3 is 2.56 bits per heavy atom. The van der Waals surface area contributed by atoms with Gasteiger partial charge in [0, 0.05) is 11.5 Å². The fourth-order valence-corrected chi connectivity index (χ4v) is 3.57. The average molecular weight is 390 g/mol. The number of nitrogens with zero attached hydrogens (tertiary/aromatic N) is 3. The lowest BCUT2D eigenvalue weighted by Crippen LogP contribution is -2.51. The molecule has 1 aromatic carbocycles. The highest BCUT2D eigenvalue weighted by atomic mass is 32.2. The first-order valence-electron chi connectivity index (χ1n) is 8.32. The monoisotopic (exact) mass is 390 g/mol. The molecule has 2 atom stereocenters. The van der Waals surface area contributed by atoms with E-state index in [1.165, 1.54) is 0 Å². The van der Waals surface area contributed by atoms with Gasteiger partial charge in [-0.15, -0.1) is 0 Å². The highest BCUT2D eigenvalue weighted by molar-refractivity contribution is 7.86. The van der Waals surface area contributed by atoms with Crippen molar-refractivity contribution in [1.82, 2.24) is 5.32 Å². The number of ether oxygens (including phenoxy) is 1. The summed E-state index contributed by atoms with van der Waals surface area (Å²) in [7, 11) is -3.81. The predicted molar refractivity (Wildman–Crippen MR) is 99.3 cm³/mol. The molecule has 1 aliphatic rings. The van der Waals surface area contributed by atoms with Gasteiger partial charge in [0.1, 0.15) is 29.3 Å². The second-order valence-corrected chi connectivity index (χ2v) is 8.74. The van der Waals surface area contributed by atoms with Gasteiger partial charge >= 0.3 is 0 Å². The molecule has 1 N–H and O–H groups in total. The van der Waals surface area contributed by atoms with Crippen LogP contribution >= 0.6 is 0 Å². The lowest BCUT2D eigenvalue weighted by atomic mass is 9.86. The SMILES string of the molecule is CC(C)C(=NC1c2cc(C#N)ccc2OC(C)(C)C1OS(C)(=O)=O)NC#N. The van der Waals surface area contributed by atoms with Crippen molar-refractivity contribution in [2.75, 3.05) is 6.26 Å². The van der Waals surface area contributed by atoms with E-state index < -0.39 is 27.9 Å². The smallest absolute Gasteiger partial charge is 0.264 e. The van der Waals surface area contributed by atoms with Gasteiger partial charge in [-0.05, 0) is 32.0 Å². The van der Waals surface area contributed by atoms with Crippen LogP contribution in [-0.4, -0.2) is 32.2 Å². The zero-order chi connectivity index (χ0) is 20.4. The maximum Gasteiger partial charge on any atom is 0.264 e. The van der Waals surface area contributed by atoms with Gasteiger partial charge < -0.3 is 4.74 Å². The molecule has 0 saturated carbocycles. The van der Waals surface area contributed by atoms with Crippen molar-refractivity contribution in [2.24, 2.45) is 10.9 Å². The zero-order valence-electron chi connectivity index (χ0n) is 15.8. The van der Waals surface area contributed by atoms with E-state index in [4.69, 9.17) is 14.2 Å². The molecule has 9 heteroatoms. The number of nitrogens with one attached hydrogen (secondary N) is 1. The Bertz CT molecular complexity index is 939. The molecule has 2 unspecified atom stereocenters. The Labute approximate surface area is 159 Å². The molecule has 1 aromatic rings. The summed E-state index contributed by atoms with van der Waals surface area (Å²) in [4.78, 5) is 4.61. The number of fused-ring (bicyclic) bond motifs is 1. The highest BCUT2D eigenvalue weighted by Crippen LogP contribution is 2.44. The Balaban J connectivity index is 2.72. The first-order chi connectivity index (χ1) is 12.5. The van der Waals surface area contributed by atoms with Gasteiger partial charge in [0.15, 0.2) is 6.19 Å². The molecule has 0 bridgehead atoms. The molecule has 27 heavy (non-hydrogen) atoms. The number of amidine groups is 1. The van der Waals surface area contributed by atoms with Crippen molar-refractivity contribution in [3.05, 3.63) is 29.3 Å². The van der Waals surface area contributed by atoms with Crippen LogP contribution in [0.25, 0.3) is 0 Å². The van der Waals surface area contributed by atoms with Crippen LogP contribution in [0.5, 0.6) is 5.75 Å². The molecule has 8 nitrogen and oxygen atoms in total. The van der Waals surface area contributed by atoms with Crippen LogP contribution in [0.15, 0.2) is 23.2 Å². The normalized spacial score (nSPS) is 21.6. The standard InChI is InChI=1S/C18H22N4O4S/c1-11(2)17(21-10-20)22-15-13-8-12(9-19)6-7-14(13)25-18(3,4)16(15)26-27(5,23)24/h6-8,11,15-16H,1-5H3,(H,21,22). The summed E-state index contributed by atoms with van der Waals surface area (Å²) < 4.78 is 35.0. The first kappa shape index (κ1) is 20.7. The second-order valence-electron chi connectivity index (χ2n) is 7.14. The van der Waals surface area contributed by atoms with E-state index in [0.717, 1.165) is 6.26 Å². The van der Waals surface area contributed by atoms with Crippen molar-refractivity contribution >= 4 is 16.0 Å². The molecule has 0 aliphatic carbocycles. The van der Waals surface area contributed by atoms with E-state index >= 15 is 0 Å². The fraction of sp³-hybridized carbons (Fsp3) is 0.500. The third kappa shape index (κ3) is 4.76. The third-order valence-electron chi connectivity index (χ3n) is 4.09. The topological polar surface area (TPSA) is 125 Å². The van der Waals surface area contributed by atoms with Crippen molar-refractivity contribution in [3.8, 4) is 18.0 Å². The maximum absolute atomic E-state index is 11.9. The molecule has 0 saturated heterocycles. The van der Waals surface area contributed by atoms with Gasteiger partial charge in [-0.2, -0.15) is 18.9 Å². The van der Waals surface area contributed by atoms with Crippen molar-refractivity contribution in [1.29, 1.82) is 10.5 Å². The summed E-state index contributed by atoms with van der Waals surface area (Å²) in [6, 6.07) is 6.13. The number of hydrogen-bond acceptors (Lipinski definition) is 7. The summed E-state index contributed by atoms with van der Waals surface area (Å²) in [5.74, 6) is 0.758. The number of benzene rings is 1. The predicted octanol–water partition coefficient (Wildman–Crippen LogP) is 2.24. The summed E-state index contributed by atoms with van der Waals surface area (Å²) >= 11 is 0. The van der Waals surface area contributed by atoms with Gasteiger partial charge in [0.2, 0.25) is 0 Å². The van der Waals surface area contributed by atoms with E-state index in [1.54, 1.807) is 32.0 Å². The van der Waals surface area contributed by atoms with Crippen LogP contribution in [0.3, 0.4) is 0 Å². The molecule has 0 spiro atoms. The molecular formula is C18H22N4O4S. The second kappa shape index (κ2) is 7.55. The van der Waals surface area contributed by atoms with Crippen molar-refractivity contribution in [3.63, 3.8) is 0 Å². The van der Waals surface area contributed by atoms with Gasteiger partial charge in [-0.25, -0.2) is 0 Å². The molecule has 1 aliphatic heterocycles. The fourth-order valence-electron chi connectivity index (χ4n) is 2.85. The number of nitriles is 2. The Kier molecular flexibility index (Phi) is 5.79. The molecule has 1 heterocycles. The van der Waals surface area contributed by atoms with Gasteiger partial charge in [0.05, 0.1) is 17.9 Å². The summed E-state index contributed by atoms with van der Waals surface area (Å²) in [5, 5.41) is 20.8. The van der Waals surface area contributed by atoms with Crippen LogP contribution < -0.4 is 10.1 Å². The van der Waals surface area contributed by atoms with E-state index in [9.17, 15) is 13.7 Å². The van der Waals surface area contributed by atoms with Gasteiger partial charge in [-0.1, -0.05) is 13.8 Å². The van der Waals surface area contributed by atoms with Crippen molar-refractivity contribution in [2.45, 2.75) is 45.4 Å². The Morgan fingerprint density at radius 2 is 2.04 bits per heavy atom. The van der Waals surface area contributed by atoms with E-state index in [1.807, 2.05) is 20.0 Å². The molecule has 0 aromatic heterocycles. The van der Waals surface area contributed by atoms with Crippen LogP contribution in [0.1, 0.15) is 44.9 Å². The van der Waals surface area contributed by atoms with Gasteiger partial charge in [0.25, 0.3) is 10.1 Å². The molecule has 0 radical (unpaired) electrons. The van der Waals surface area contributed by atoms with Gasteiger partial charge in [-0.3, -0.25) is 14.5 Å². The third-order valence-corrected chi connectivity index (χ3v) is 4.65. The lowest BCUT2D eigenvalue weighted by Gasteiger charge is -2.42. The largest absolute Gasteiger partial charge is 0.485 e. The molecule has 0 amide bonds. The Hall–Kier alpha value is -2.62. The minimum absolute atomic E-state index is 0.114. The minimum atomic E-state index is -3.81. The quantitative estimate of drug-likeness (QED) is 0.275.